The molecule has 1 N–H and O–H groups in total. The summed E-state index contributed by atoms with van der Waals surface area (Å²) < 4.78 is 0. The van der Waals surface area contributed by atoms with Gasteiger partial charge in [-0.3, -0.25) is 4.79 Å². The predicted octanol–water partition coefficient (Wildman–Crippen LogP) is 4.14. The third kappa shape index (κ3) is 3.58. The summed E-state index contributed by atoms with van der Waals surface area (Å²) in [5.74, 6) is -0.0672. The Morgan fingerprint density at radius 1 is 1.05 bits per heavy atom. The molecule has 2 aromatic rings. The zero-order valence-corrected chi connectivity index (χ0v) is 11.7. The minimum Gasteiger partial charge on any atom is -0.346 e. The molecule has 19 heavy (non-hydrogen) atoms. The number of benzene rings is 2. The van der Waals surface area contributed by atoms with Crippen molar-refractivity contribution in [3.8, 4) is 0 Å². The summed E-state index contributed by atoms with van der Waals surface area (Å²) in [6, 6.07) is 15.0. The van der Waals surface area contributed by atoms with Crippen LogP contribution in [0.5, 0.6) is 0 Å². The summed E-state index contributed by atoms with van der Waals surface area (Å²) >= 11 is 5.85. The van der Waals surface area contributed by atoms with Crippen LogP contribution < -0.4 is 5.32 Å². The van der Waals surface area contributed by atoms with Crippen LogP contribution in [0.1, 0.15) is 34.5 Å². The molecular weight excluding hydrogens is 258 g/mol. The Labute approximate surface area is 118 Å². The Morgan fingerprint density at radius 2 is 1.63 bits per heavy atom. The average Bonchev–Trinajstić information content (AvgIpc) is 2.40. The lowest BCUT2D eigenvalue weighted by Gasteiger charge is -2.14. The van der Waals surface area contributed by atoms with Gasteiger partial charge in [-0.2, -0.15) is 0 Å². The number of aryl methyl sites for hydroxylation is 1. The molecule has 98 valence electrons. The van der Waals surface area contributed by atoms with Crippen LogP contribution in [0, 0.1) is 6.92 Å². The van der Waals surface area contributed by atoms with E-state index in [2.05, 4.69) is 5.32 Å². The van der Waals surface area contributed by atoms with Gasteiger partial charge in [-0.25, -0.2) is 0 Å². The molecule has 1 atom stereocenters. The second-order valence-electron chi connectivity index (χ2n) is 4.61. The molecule has 0 aliphatic heterocycles. The molecule has 2 aromatic carbocycles. The first-order valence-electron chi connectivity index (χ1n) is 6.19. The first-order chi connectivity index (χ1) is 9.06. The van der Waals surface area contributed by atoms with Crippen LogP contribution in [0.15, 0.2) is 48.5 Å². The van der Waals surface area contributed by atoms with Gasteiger partial charge >= 0.3 is 0 Å². The molecule has 0 spiro atoms. The summed E-state index contributed by atoms with van der Waals surface area (Å²) in [5, 5.41) is 3.66. The second-order valence-corrected chi connectivity index (χ2v) is 5.05. The van der Waals surface area contributed by atoms with Crippen molar-refractivity contribution in [2.45, 2.75) is 19.9 Å². The SMILES string of the molecule is Cc1ccc(C(=O)N[C@H](C)c2ccc(Cl)cc2)cc1. The maximum atomic E-state index is 12.1. The topological polar surface area (TPSA) is 29.1 Å². The van der Waals surface area contributed by atoms with E-state index < -0.39 is 0 Å². The fraction of sp³-hybridized carbons (Fsp3) is 0.188. The van der Waals surface area contributed by atoms with Crippen molar-refractivity contribution < 1.29 is 4.79 Å². The Morgan fingerprint density at radius 3 is 2.21 bits per heavy atom. The summed E-state index contributed by atoms with van der Waals surface area (Å²) in [6.07, 6.45) is 0. The number of halogens is 1. The van der Waals surface area contributed by atoms with Crippen LogP contribution in [-0.4, -0.2) is 5.91 Å². The number of nitrogens with one attached hydrogen (secondary N) is 1. The number of carbonyl (C=O) groups is 1. The first-order valence-corrected chi connectivity index (χ1v) is 6.57. The highest BCUT2D eigenvalue weighted by Crippen LogP contribution is 2.16. The Hall–Kier alpha value is -1.80. The van der Waals surface area contributed by atoms with Crippen LogP contribution >= 0.6 is 11.6 Å². The Balaban J connectivity index is 2.06. The highest BCUT2D eigenvalue weighted by Gasteiger charge is 2.10. The van der Waals surface area contributed by atoms with E-state index in [1.54, 1.807) is 0 Å². The van der Waals surface area contributed by atoms with Crippen molar-refractivity contribution in [1.29, 1.82) is 0 Å². The Bertz CT molecular complexity index is 560. The minimum absolute atomic E-state index is 0.0499. The van der Waals surface area contributed by atoms with Gasteiger partial charge in [0.25, 0.3) is 5.91 Å². The molecule has 0 saturated heterocycles. The van der Waals surface area contributed by atoms with E-state index in [-0.39, 0.29) is 11.9 Å². The molecular formula is C16H16ClNO. The maximum Gasteiger partial charge on any atom is 0.251 e. The van der Waals surface area contributed by atoms with Gasteiger partial charge < -0.3 is 5.32 Å². The molecule has 0 aliphatic rings. The molecule has 0 aliphatic carbocycles. The molecule has 0 unspecified atom stereocenters. The van der Waals surface area contributed by atoms with Crippen molar-refractivity contribution in [1.82, 2.24) is 5.32 Å². The van der Waals surface area contributed by atoms with Gasteiger partial charge in [-0.15, -0.1) is 0 Å². The van der Waals surface area contributed by atoms with Crippen molar-refractivity contribution in [2.75, 3.05) is 0 Å². The number of hydrogen-bond donors (Lipinski definition) is 1. The molecule has 1 amide bonds. The molecule has 2 rings (SSSR count). The van der Waals surface area contributed by atoms with E-state index in [0.29, 0.717) is 10.6 Å². The monoisotopic (exact) mass is 273 g/mol. The van der Waals surface area contributed by atoms with Crippen LogP contribution in [0.2, 0.25) is 5.02 Å². The smallest absolute Gasteiger partial charge is 0.251 e. The van der Waals surface area contributed by atoms with E-state index in [1.807, 2.05) is 62.4 Å². The molecule has 0 saturated carbocycles. The molecule has 0 aromatic heterocycles. The summed E-state index contributed by atoms with van der Waals surface area (Å²) in [4.78, 5) is 12.1. The third-order valence-corrected chi connectivity index (χ3v) is 3.28. The van der Waals surface area contributed by atoms with Crippen molar-refractivity contribution in [2.24, 2.45) is 0 Å². The maximum absolute atomic E-state index is 12.1. The van der Waals surface area contributed by atoms with Gasteiger partial charge in [0.15, 0.2) is 0 Å². The fourth-order valence-electron chi connectivity index (χ4n) is 1.82. The van der Waals surface area contributed by atoms with Crippen LogP contribution in [0.4, 0.5) is 0 Å². The van der Waals surface area contributed by atoms with E-state index in [9.17, 15) is 4.79 Å². The van der Waals surface area contributed by atoms with Gasteiger partial charge in [0.2, 0.25) is 0 Å². The number of amides is 1. The van der Waals surface area contributed by atoms with E-state index in [4.69, 9.17) is 11.6 Å². The summed E-state index contributed by atoms with van der Waals surface area (Å²) in [7, 11) is 0. The average molecular weight is 274 g/mol. The van der Waals surface area contributed by atoms with Crippen LogP contribution in [0.3, 0.4) is 0 Å². The van der Waals surface area contributed by atoms with Gasteiger partial charge in [-0.05, 0) is 43.7 Å². The lowest BCUT2D eigenvalue weighted by molar-refractivity contribution is 0.0940. The zero-order valence-electron chi connectivity index (χ0n) is 11.0. The quantitative estimate of drug-likeness (QED) is 0.895. The normalized spacial score (nSPS) is 11.9. The number of carbonyl (C=O) groups excluding carboxylic acids is 1. The fourth-order valence-corrected chi connectivity index (χ4v) is 1.95. The molecule has 0 radical (unpaired) electrons. The van der Waals surface area contributed by atoms with Gasteiger partial charge in [0, 0.05) is 10.6 Å². The number of rotatable bonds is 3. The lowest BCUT2D eigenvalue weighted by atomic mass is 10.1. The highest BCUT2D eigenvalue weighted by atomic mass is 35.5. The van der Waals surface area contributed by atoms with Crippen LogP contribution in [-0.2, 0) is 0 Å². The van der Waals surface area contributed by atoms with Crippen LogP contribution in [0.25, 0.3) is 0 Å². The first kappa shape index (κ1) is 13.6. The number of hydrogen-bond acceptors (Lipinski definition) is 1. The molecule has 0 bridgehead atoms. The van der Waals surface area contributed by atoms with Crippen molar-refractivity contribution in [3.05, 3.63) is 70.2 Å². The lowest BCUT2D eigenvalue weighted by Crippen LogP contribution is -2.26. The van der Waals surface area contributed by atoms with Gasteiger partial charge in [0.05, 0.1) is 6.04 Å². The molecule has 3 heteroatoms. The molecule has 0 heterocycles. The standard InChI is InChI=1S/C16H16ClNO/c1-11-3-5-14(6-4-11)16(19)18-12(2)13-7-9-15(17)10-8-13/h3-10,12H,1-2H3,(H,18,19)/t12-/m1/s1. The molecule has 2 nitrogen and oxygen atoms in total. The van der Waals surface area contributed by atoms with Crippen molar-refractivity contribution in [3.63, 3.8) is 0 Å². The van der Waals surface area contributed by atoms with Crippen molar-refractivity contribution >= 4 is 17.5 Å². The third-order valence-electron chi connectivity index (χ3n) is 3.03. The molecule has 0 fully saturated rings. The highest BCUT2D eigenvalue weighted by molar-refractivity contribution is 6.30. The van der Waals surface area contributed by atoms with Gasteiger partial charge in [-0.1, -0.05) is 41.4 Å². The minimum atomic E-state index is -0.0672. The predicted molar refractivity (Wildman–Crippen MR) is 78.5 cm³/mol. The second kappa shape index (κ2) is 5.89. The van der Waals surface area contributed by atoms with E-state index in [1.165, 1.54) is 0 Å². The Kier molecular flexibility index (Phi) is 4.23. The summed E-state index contributed by atoms with van der Waals surface area (Å²) in [6.45, 7) is 3.95. The van der Waals surface area contributed by atoms with E-state index in [0.717, 1.165) is 11.1 Å². The van der Waals surface area contributed by atoms with E-state index >= 15 is 0 Å². The summed E-state index contributed by atoms with van der Waals surface area (Å²) in [5.41, 5.74) is 2.85. The van der Waals surface area contributed by atoms with Gasteiger partial charge in [0.1, 0.15) is 0 Å². The zero-order chi connectivity index (χ0) is 13.8. The largest absolute Gasteiger partial charge is 0.346 e.